The second-order valence-corrected chi connectivity index (χ2v) is 9.60. The highest BCUT2D eigenvalue weighted by atomic mass is 32.2. The van der Waals surface area contributed by atoms with Gasteiger partial charge in [-0.25, -0.2) is 8.42 Å². The summed E-state index contributed by atoms with van der Waals surface area (Å²) >= 11 is 0. The van der Waals surface area contributed by atoms with E-state index in [1.807, 2.05) is 31.2 Å². The van der Waals surface area contributed by atoms with Crippen molar-refractivity contribution >= 4 is 15.6 Å². The van der Waals surface area contributed by atoms with Gasteiger partial charge in [0.2, 0.25) is 10.0 Å². The largest absolute Gasteiger partial charge is 0.497 e. The fourth-order valence-corrected chi connectivity index (χ4v) is 4.89. The summed E-state index contributed by atoms with van der Waals surface area (Å²) in [5, 5.41) is 10.8. The molecule has 0 amide bonds. The van der Waals surface area contributed by atoms with Crippen molar-refractivity contribution in [2.45, 2.75) is 44.1 Å². The molecule has 0 radical (unpaired) electrons. The molecule has 1 aliphatic heterocycles. The molecular formula is C25H29NO4S. The number of methoxy groups -OCH3 is 1. The number of rotatable bonds is 6. The van der Waals surface area contributed by atoms with E-state index in [2.05, 4.69) is 18.8 Å². The maximum absolute atomic E-state index is 13.1. The molecule has 0 aromatic heterocycles. The molecule has 2 aromatic rings. The molecule has 1 unspecified atom stereocenters. The average Bonchev–Trinajstić information content (AvgIpc) is 3.16. The molecule has 5 nitrogen and oxygen atoms in total. The van der Waals surface area contributed by atoms with Crippen LogP contribution < -0.4 is 4.74 Å². The first-order valence-electron chi connectivity index (χ1n) is 10.5. The van der Waals surface area contributed by atoms with E-state index in [-0.39, 0.29) is 18.0 Å². The highest BCUT2D eigenvalue weighted by Crippen LogP contribution is 2.31. The van der Waals surface area contributed by atoms with Gasteiger partial charge in [-0.1, -0.05) is 55.0 Å². The van der Waals surface area contributed by atoms with Gasteiger partial charge in [0.05, 0.1) is 18.1 Å². The monoisotopic (exact) mass is 439 g/mol. The third-order valence-corrected chi connectivity index (χ3v) is 7.18. The number of allylic oxidation sites excluding steroid dienone is 1. The Labute approximate surface area is 185 Å². The van der Waals surface area contributed by atoms with E-state index in [9.17, 15) is 13.5 Å². The summed E-state index contributed by atoms with van der Waals surface area (Å²) in [7, 11) is -2.10. The van der Waals surface area contributed by atoms with Crippen molar-refractivity contribution in [1.82, 2.24) is 4.31 Å². The van der Waals surface area contributed by atoms with Crippen LogP contribution in [0.15, 0.2) is 59.0 Å². The molecule has 1 aliphatic rings. The maximum Gasteiger partial charge on any atom is 0.243 e. The van der Waals surface area contributed by atoms with Crippen molar-refractivity contribution in [3.05, 3.63) is 65.2 Å². The number of benzene rings is 2. The summed E-state index contributed by atoms with van der Waals surface area (Å²) in [5.41, 5.74) is 3.15. The summed E-state index contributed by atoms with van der Waals surface area (Å²) < 4.78 is 32.8. The lowest BCUT2D eigenvalue weighted by atomic mass is 9.98. The molecule has 164 valence electrons. The highest BCUT2D eigenvalue weighted by Gasteiger charge is 2.36. The van der Waals surface area contributed by atoms with Crippen molar-refractivity contribution in [1.29, 1.82) is 0 Å². The van der Waals surface area contributed by atoms with Gasteiger partial charge in [-0.05, 0) is 48.7 Å². The number of aliphatic hydroxyl groups is 1. The predicted molar refractivity (Wildman–Crippen MR) is 123 cm³/mol. The van der Waals surface area contributed by atoms with Crippen molar-refractivity contribution in [2.75, 3.05) is 20.2 Å². The van der Waals surface area contributed by atoms with Gasteiger partial charge in [-0.2, -0.15) is 4.31 Å². The van der Waals surface area contributed by atoms with Crippen molar-refractivity contribution < 1.29 is 18.3 Å². The Bertz CT molecular complexity index is 1090. The van der Waals surface area contributed by atoms with Gasteiger partial charge in [0, 0.05) is 25.1 Å². The SMILES string of the molecule is CCCCC#C/C(=C1/CN(S(=O)(=O)c2ccc(C)cc2)CC1O)c1ccc(OC)cc1. The van der Waals surface area contributed by atoms with Crippen LogP contribution in [-0.2, 0) is 10.0 Å². The van der Waals surface area contributed by atoms with Gasteiger partial charge in [0.25, 0.3) is 0 Å². The van der Waals surface area contributed by atoms with Gasteiger partial charge < -0.3 is 9.84 Å². The third kappa shape index (κ3) is 5.37. The van der Waals surface area contributed by atoms with Crippen LogP contribution in [0.4, 0.5) is 0 Å². The van der Waals surface area contributed by atoms with E-state index in [0.717, 1.165) is 36.1 Å². The topological polar surface area (TPSA) is 66.8 Å². The highest BCUT2D eigenvalue weighted by molar-refractivity contribution is 7.89. The Balaban J connectivity index is 1.98. The molecule has 0 bridgehead atoms. The minimum atomic E-state index is -3.71. The number of hydrogen-bond acceptors (Lipinski definition) is 4. The van der Waals surface area contributed by atoms with E-state index in [1.165, 1.54) is 4.31 Å². The van der Waals surface area contributed by atoms with Crippen LogP contribution in [0.2, 0.25) is 0 Å². The molecule has 1 N–H and O–H groups in total. The van der Waals surface area contributed by atoms with Crippen molar-refractivity contribution in [2.24, 2.45) is 0 Å². The normalized spacial score (nSPS) is 18.4. The average molecular weight is 440 g/mol. The first-order chi connectivity index (χ1) is 14.9. The van der Waals surface area contributed by atoms with Crippen molar-refractivity contribution in [3.63, 3.8) is 0 Å². The zero-order valence-corrected chi connectivity index (χ0v) is 19.1. The standard InChI is InChI=1S/C25H29NO4S/c1-4-5-6-7-8-23(20-11-13-21(30-3)14-12-20)24-17-26(18-25(24)27)31(28,29)22-15-9-19(2)10-16-22/h9-16,25,27H,4-6,17-18H2,1-3H3/b24-23+. The number of nitrogens with zero attached hydrogens (tertiary/aromatic N) is 1. The van der Waals surface area contributed by atoms with Crippen LogP contribution in [0, 0.1) is 18.8 Å². The summed E-state index contributed by atoms with van der Waals surface area (Å²) in [6.07, 6.45) is 1.89. The van der Waals surface area contributed by atoms with Crippen LogP contribution in [0.1, 0.15) is 37.3 Å². The van der Waals surface area contributed by atoms with Crippen LogP contribution in [0.25, 0.3) is 5.57 Å². The Morgan fingerprint density at radius 3 is 2.45 bits per heavy atom. The number of hydrogen-bond donors (Lipinski definition) is 1. The number of aliphatic hydroxyl groups excluding tert-OH is 1. The lowest BCUT2D eigenvalue weighted by Gasteiger charge is -2.15. The molecular weight excluding hydrogens is 410 g/mol. The first kappa shape index (κ1) is 23.1. The summed E-state index contributed by atoms with van der Waals surface area (Å²) in [6.45, 7) is 4.15. The van der Waals surface area contributed by atoms with E-state index in [0.29, 0.717) is 11.1 Å². The molecule has 6 heteroatoms. The molecule has 1 saturated heterocycles. The van der Waals surface area contributed by atoms with E-state index in [1.54, 1.807) is 31.4 Å². The number of sulfonamides is 1. The molecule has 1 heterocycles. The lowest BCUT2D eigenvalue weighted by molar-refractivity contribution is 0.217. The summed E-state index contributed by atoms with van der Waals surface area (Å²) in [5.74, 6) is 7.12. The third-order valence-electron chi connectivity index (χ3n) is 5.35. The minimum Gasteiger partial charge on any atom is -0.497 e. The Morgan fingerprint density at radius 1 is 1.16 bits per heavy atom. The van der Waals surface area contributed by atoms with Crippen LogP contribution >= 0.6 is 0 Å². The van der Waals surface area contributed by atoms with Gasteiger partial charge in [-0.3, -0.25) is 0 Å². The number of aryl methyl sites for hydroxylation is 1. The Morgan fingerprint density at radius 2 is 1.84 bits per heavy atom. The maximum atomic E-state index is 13.1. The fourth-order valence-electron chi connectivity index (χ4n) is 3.46. The molecule has 1 fully saturated rings. The molecule has 0 spiro atoms. The second kappa shape index (κ2) is 10.1. The molecule has 0 aliphatic carbocycles. The smallest absolute Gasteiger partial charge is 0.243 e. The van der Waals surface area contributed by atoms with E-state index in [4.69, 9.17) is 4.74 Å². The van der Waals surface area contributed by atoms with E-state index >= 15 is 0 Å². The Kier molecular flexibility index (Phi) is 7.55. The van der Waals surface area contributed by atoms with Gasteiger partial charge in [0.15, 0.2) is 0 Å². The quantitative estimate of drug-likeness (QED) is 0.545. The zero-order chi connectivity index (χ0) is 22.4. The van der Waals surface area contributed by atoms with E-state index < -0.39 is 16.1 Å². The Hall–Kier alpha value is -2.59. The van der Waals surface area contributed by atoms with Crippen LogP contribution in [0.3, 0.4) is 0 Å². The molecule has 0 saturated carbocycles. The fraction of sp³-hybridized carbons (Fsp3) is 0.360. The lowest BCUT2D eigenvalue weighted by Crippen LogP contribution is -2.29. The summed E-state index contributed by atoms with van der Waals surface area (Å²) in [6, 6.07) is 14.2. The van der Waals surface area contributed by atoms with Crippen LogP contribution in [0.5, 0.6) is 5.75 Å². The van der Waals surface area contributed by atoms with Crippen LogP contribution in [-0.4, -0.2) is 44.1 Å². The number of ether oxygens (including phenoxy) is 1. The number of unbranched alkanes of at least 4 members (excludes halogenated alkanes) is 2. The zero-order valence-electron chi connectivity index (χ0n) is 18.3. The molecule has 3 rings (SSSR count). The predicted octanol–water partition coefficient (Wildman–Crippen LogP) is 4.02. The molecule has 2 aromatic carbocycles. The number of β-amino-alcohol motifs (C(OH)–C–C–N with tert-alkyl or cyclic N) is 1. The molecule has 31 heavy (non-hydrogen) atoms. The van der Waals surface area contributed by atoms with Gasteiger partial charge in [0.1, 0.15) is 5.75 Å². The summed E-state index contributed by atoms with van der Waals surface area (Å²) in [4.78, 5) is 0.228. The first-order valence-corrected chi connectivity index (χ1v) is 11.9. The van der Waals surface area contributed by atoms with Crippen molar-refractivity contribution in [3.8, 4) is 17.6 Å². The second-order valence-electron chi connectivity index (χ2n) is 7.66. The van der Waals surface area contributed by atoms with Gasteiger partial charge >= 0.3 is 0 Å². The molecule has 1 atom stereocenters. The van der Waals surface area contributed by atoms with Gasteiger partial charge in [-0.15, -0.1) is 0 Å². The minimum absolute atomic E-state index is 0.0157.